The number of hydrogen-bond donors (Lipinski definition) is 1. The van der Waals surface area contributed by atoms with Crippen LogP contribution in [0.5, 0.6) is 5.75 Å². The standard InChI is InChI=1S/C11H13F3O.CH2O2/c1-7(2)15-10-5-4-8(3)6-9(10)11(12,13)14;2-1-3/h4-7H,1-3H3;1H,(H,2,3). The number of ether oxygens (including phenoxy) is 1. The van der Waals surface area contributed by atoms with Gasteiger partial charge in [0.25, 0.3) is 6.47 Å². The van der Waals surface area contributed by atoms with Crippen molar-refractivity contribution >= 4 is 6.47 Å². The monoisotopic (exact) mass is 264 g/mol. The van der Waals surface area contributed by atoms with E-state index in [0.717, 1.165) is 6.07 Å². The van der Waals surface area contributed by atoms with Gasteiger partial charge >= 0.3 is 6.18 Å². The van der Waals surface area contributed by atoms with Gasteiger partial charge in [-0.1, -0.05) is 11.6 Å². The third kappa shape index (κ3) is 5.56. The molecule has 0 saturated heterocycles. The van der Waals surface area contributed by atoms with Crippen LogP contribution < -0.4 is 4.74 Å². The van der Waals surface area contributed by atoms with Crippen LogP contribution in [0.2, 0.25) is 0 Å². The number of carboxylic acid groups (broad SMARTS) is 1. The molecule has 0 atom stereocenters. The summed E-state index contributed by atoms with van der Waals surface area (Å²) in [5.74, 6) is -0.108. The van der Waals surface area contributed by atoms with E-state index in [0.29, 0.717) is 5.56 Å². The van der Waals surface area contributed by atoms with Crippen molar-refractivity contribution in [2.24, 2.45) is 0 Å². The van der Waals surface area contributed by atoms with Crippen LogP contribution in [0.4, 0.5) is 13.2 Å². The number of benzene rings is 1. The summed E-state index contributed by atoms with van der Waals surface area (Å²) in [6.45, 7) is 4.76. The Morgan fingerprint density at radius 3 is 2.22 bits per heavy atom. The maximum Gasteiger partial charge on any atom is 0.419 e. The van der Waals surface area contributed by atoms with Gasteiger partial charge in [0.05, 0.1) is 11.7 Å². The van der Waals surface area contributed by atoms with E-state index in [1.807, 2.05) is 0 Å². The van der Waals surface area contributed by atoms with Gasteiger partial charge in [0.15, 0.2) is 0 Å². The van der Waals surface area contributed by atoms with E-state index < -0.39 is 11.7 Å². The first-order chi connectivity index (χ1) is 8.22. The Bertz CT molecular complexity index is 387. The maximum absolute atomic E-state index is 12.6. The van der Waals surface area contributed by atoms with Crippen molar-refractivity contribution in [2.75, 3.05) is 0 Å². The molecule has 0 aliphatic heterocycles. The number of aryl methyl sites for hydroxylation is 1. The van der Waals surface area contributed by atoms with Crippen LogP contribution in [0.1, 0.15) is 25.0 Å². The third-order valence-electron chi connectivity index (χ3n) is 1.80. The number of hydrogen-bond acceptors (Lipinski definition) is 2. The molecule has 0 saturated carbocycles. The quantitative estimate of drug-likeness (QED) is 0.831. The zero-order valence-electron chi connectivity index (χ0n) is 10.3. The summed E-state index contributed by atoms with van der Waals surface area (Å²) in [6, 6.07) is 4.06. The number of carbonyl (C=O) groups is 1. The smallest absolute Gasteiger partial charge is 0.419 e. The van der Waals surface area contributed by atoms with Crippen LogP contribution in [0, 0.1) is 6.92 Å². The predicted molar refractivity (Wildman–Crippen MR) is 60.6 cm³/mol. The van der Waals surface area contributed by atoms with Crippen molar-refractivity contribution in [3.8, 4) is 5.75 Å². The lowest BCUT2D eigenvalue weighted by Crippen LogP contribution is -2.13. The van der Waals surface area contributed by atoms with E-state index in [2.05, 4.69) is 0 Å². The Morgan fingerprint density at radius 2 is 1.83 bits per heavy atom. The minimum atomic E-state index is -4.36. The molecule has 6 heteroatoms. The fraction of sp³-hybridized carbons (Fsp3) is 0.417. The molecule has 0 heterocycles. The average molecular weight is 264 g/mol. The molecule has 0 amide bonds. The van der Waals surface area contributed by atoms with Crippen LogP contribution in [0.15, 0.2) is 18.2 Å². The van der Waals surface area contributed by atoms with Gasteiger partial charge in [-0.25, -0.2) is 0 Å². The lowest BCUT2D eigenvalue weighted by Gasteiger charge is -2.16. The summed E-state index contributed by atoms with van der Waals surface area (Å²) in [7, 11) is 0. The first-order valence-corrected chi connectivity index (χ1v) is 5.14. The molecule has 0 unspecified atom stereocenters. The lowest BCUT2D eigenvalue weighted by molar-refractivity contribution is -0.139. The highest BCUT2D eigenvalue weighted by molar-refractivity contribution is 5.39. The zero-order chi connectivity index (χ0) is 14.3. The molecule has 0 aliphatic rings. The molecular formula is C12H15F3O3. The van der Waals surface area contributed by atoms with Crippen molar-refractivity contribution in [2.45, 2.75) is 33.1 Å². The first kappa shape index (κ1) is 16.3. The van der Waals surface area contributed by atoms with Crippen LogP contribution >= 0.6 is 0 Å². The van der Waals surface area contributed by atoms with Gasteiger partial charge in [0.2, 0.25) is 0 Å². The largest absolute Gasteiger partial charge is 0.490 e. The molecule has 1 aromatic rings. The highest BCUT2D eigenvalue weighted by atomic mass is 19.4. The van der Waals surface area contributed by atoms with Crippen molar-refractivity contribution in [3.63, 3.8) is 0 Å². The third-order valence-corrected chi connectivity index (χ3v) is 1.80. The number of rotatable bonds is 2. The molecule has 1 N–H and O–H groups in total. The van der Waals surface area contributed by atoms with Gasteiger partial charge in [0, 0.05) is 0 Å². The molecule has 0 fully saturated rings. The molecule has 0 aromatic heterocycles. The molecule has 102 valence electrons. The minimum absolute atomic E-state index is 0.108. The zero-order valence-corrected chi connectivity index (χ0v) is 10.3. The molecule has 18 heavy (non-hydrogen) atoms. The van der Waals surface area contributed by atoms with Gasteiger partial charge in [-0.05, 0) is 32.9 Å². The predicted octanol–water partition coefficient (Wildman–Crippen LogP) is 3.50. The van der Waals surface area contributed by atoms with E-state index in [9.17, 15) is 13.2 Å². The van der Waals surface area contributed by atoms with Crippen molar-refractivity contribution < 1.29 is 27.8 Å². The molecule has 0 radical (unpaired) electrons. The molecule has 1 rings (SSSR count). The van der Waals surface area contributed by atoms with Crippen LogP contribution in [0.3, 0.4) is 0 Å². The van der Waals surface area contributed by atoms with Gasteiger partial charge in [0.1, 0.15) is 5.75 Å². The lowest BCUT2D eigenvalue weighted by atomic mass is 10.1. The van der Waals surface area contributed by atoms with Gasteiger partial charge in [-0.3, -0.25) is 4.79 Å². The van der Waals surface area contributed by atoms with Gasteiger partial charge in [-0.15, -0.1) is 0 Å². The second-order valence-electron chi connectivity index (χ2n) is 3.77. The Balaban J connectivity index is 0.000000873. The van der Waals surface area contributed by atoms with Crippen molar-refractivity contribution in [3.05, 3.63) is 29.3 Å². The van der Waals surface area contributed by atoms with Crippen molar-refractivity contribution in [1.29, 1.82) is 0 Å². The van der Waals surface area contributed by atoms with E-state index in [1.54, 1.807) is 26.8 Å². The van der Waals surface area contributed by atoms with E-state index >= 15 is 0 Å². The van der Waals surface area contributed by atoms with Crippen LogP contribution in [-0.4, -0.2) is 17.7 Å². The summed E-state index contributed by atoms with van der Waals surface area (Å²) >= 11 is 0. The van der Waals surface area contributed by atoms with Crippen LogP contribution in [0.25, 0.3) is 0 Å². The van der Waals surface area contributed by atoms with E-state index in [4.69, 9.17) is 14.6 Å². The molecule has 0 bridgehead atoms. The highest BCUT2D eigenvalue weighted by Gasteiger charge is 2.34. The second-order valence-corrected chi connectivity index (χ2v) is 3.77. The summed E-state index contributed by atoms with van der Waals surface area (Å²) in [4.78, 5) is 8.36. The SMILES string of the molecule is Cc1ccc(OC(C)C)c(C(F)(F)F)c1.O=CO. The summed E-state index contributed by atoms with van der Waals surface area (Å²) < 4.78 is 42.9. The Kier molecular flexibility index (Phi) is 6.22. The molecule has 1 aromatic carbocycles. The van der Waals surface area contributed by atoms with Gasteiger partial charge in [-0.2, -0.15) is 13.2 Å². The Morgan fingerprint density at radius 1 is 1.33 bits per heavy atom. The minimum Gasteiger partial charge on any atom is -0.490 e. The number of halogens is 3. The highest BCUT2D eigenvalue weighted by Crippen LogP contribution is 2.37. The fourth-order valence-electron chi connectivity index (χ4n) is 1.22. The Hall–Kier alpha value is -1.72. The Labute approximate surface area is 103 Å². The summed E-state index contributed by atoms with van der Waals surface area (Å²) in [5, 5.41) is 6.89. The maximum atomic E-state index is 12.6. The van der Waals surface area contributed by atoms with Gasteiger partial charge < -0.3 is 9.84 Å². The summed E-state index contributed by atoms with van der Waals surface area (Å²) in [5.41, 5.74) is -0.144. The molecule has 0 aliphatic carbocycles. The normalized spacial score (nSPS) is 10.6. The first-order valence-electron chi connectivity index (χ1n) is 5.14. The molecule has 3 nitrogen and oxygen atoms in total. The van der Waals surface area contributed by atoms with Crippen molar-refractivity contribution in [1.82, 2.24) is 0 Å². The van der Waals surface area contributed by atoms with Crippen LogP contribution in [-0.2, 0) is 11.0 Å². The molecular weight excluding hydrogens is 249 g/mol. The number of alkyl halides is 3. The topological polar surface area (TPSA) is 46.5 Å². The van der Waals surface area contributed by atoms with E-state index in [1.165, 1.54) is 6.07 Å². The fourth-order valence-corrected chi connectivity index (χ4v) is 1.22. The van der Waals surface area contributed by atoms with E-state index in [-0.39, 0.29) is 18.3 Å². The molecule has 0 spiro atoms. The average Bonchev–Trinajstić information content (AvgIpc) is 2.19. The second kappa shape index (κ2) is 6.88. The summed E-state index contributed by atoms with van der Waals surface area (Å²) in [6.07, 6.45) is -4.63.